The van der Waals surface area contributed by atoms with Gasteiger partial charge in [0, 0.05) is 31.4 Å². The highest BCUT2D eigenvalue weighted by Gasteiger charge is 2.16. The Bertz CT molecular complexity index is 941. The lowest BCUT2D eigenvalue weighted by Crippen LogP contribution is -2.33. The monoisotopic (exact) mass is 350 g/mol. The number of carbonyl (C=O) groups excluding carboxylic acids is 1. The summed E-state index contributed by atoms with van der Waals surface area (Å²) in [5.41, 5.74) is 7.09. The first-order valence-corrected chi connectivity index (χ1v) is 7.88. The molecule has 0 aromatic carbocycles. The number of nitrogens with two attached hydrogens (primary N) is 1. The van der Waals surface area contributed by atoms with Gasteiger partial charge in [0.1, 0.15) is 17.3 Å². The summed E-state index contributed by atoms with van der Waals surface area (Å²) in [6.07, 6.45) is 4.35. The van der Waals surface area contributed by atoms with E-state index in [9.17, 15) is 4.79 Å². The van der Waals surface area contributed by atoms with Gasteiger partial charge < -0.3 is 15.4 Å². The largest absolute Gasteiger partial charge is 0.415 e. The molecular formula is C18H18N6O2. The summed E-state index contributed by atoms with van der Waals surface area (Å²) < 4.78 is 6.87. The standard InChI is InChI=1S/C18H18N6O2/c1-3-9-23(10-4-2)18(25)26-13-11-15(19)24-16(12-13)21-17(22-24)14-7-5-6-8-20-14/h3-8,11-12H,1-2,9-10,19H2. The van der Waals surface area contributed by atoms with Gasteiger partial charge in [0.25, 0.3) is 0 Å². The van der Waals surface area contributed by atoms with Crippen LogP contribution in [0, 0.1) is 0 Å². The number of carbonyl (C=O) groups is 1. The van der Waals surface area contributed by atoms with Gasteiger partial charge in [0.05, 0.1) is 0 Å². The Balaban J connectivity index is 1.89. The second-order valence-corrected chi connectivity index (χ2v) is 5.39. The van der Waals surface area contributed by atoms with Gasteiger partial charge >= 0.3 is 6.09 Å². The van der Waals surface area contributed by atoms with Gasteiger partial charge in [-0.3, -0.25) is 4.98 Å². The van der Waals surface area contributed by atoms with E-state index in [1.165, 1.54) is 15.5 Å². The lowest BCUT2D eigenvalue weighted by Gasteiger charge is -2.18. The molecular weight excluding hydrogens is 332 g/mol. The molecule has 26 heavy (non-hydrogen) atoms. The molecule has 0 saturated heterocycles. The summed E-state index contributed by atoms with van der Waals surface area (Å²) in [5, 5.41) is 4.34. The normalized spacial score (nSPS) is 10.5. The molecule has 3 aromatic heterocycles. The third-order valence-electron chi connectivity index (χ3n) is 3.49. The van der Waals surface area contributed by atoms with Gasteiger partial charge in [-0.15, -0.1) is 18.3 Å². The van der Waals surface area contributed by atoms with Crippen LogP contribution in [0.25, 0.3) is 17.2 Å². The van der Waals surface area contributed by atoms with E-state index in [1.807, 2.05) is 12.1 Å². The number of nitrogens with zero attached hydrogens (tertiary/aromatic N) is 5. The van der Waals surface area contributed by atoms with E-state index in [0.29, 0.717) is 36.1 Å². The predicted molar refractivity (Wildman–Crippen MR) is 98.6 cm³/mol. The van der Waals surface area contributed by atoms with Gasteiger partial charge in [0.2, 0.25) is 5.82 Å². The Labute approximate surface area is 150 Å². The van der Waals surface area contributed by atoms with Crippen LogP contribution in [0.5, 0.6) is 5.75 Å². The van der Waals surface area contributed by atoms with Gasteiger partial charge in [0.15, 0.2) is 5.65 Å². The quantitative estimate of drug-likeness (QED) is 0.686. The van der Waals surface area contributed by atoms with Crippen LogP contribution in [-0.4, -0.2) is 43.7 Å². The molecule has 3 rings (SSSR count). The second-order valence-electron chi connectivity index (χ2n) is 5.39. The highest BCUT2D eigenvalue weighted by molar-refractivity contribution is 5.72. The zero-order chi connectivity index (χ0) is 18.5. The number of aromatic nitrogens is 4. The first-order chi connectivity index (χ1) is 12.6. The number of anilines is 1. The molecule has 0 unspecified atom stereocenters. The number of amides is 1. The highest BCUT2D eigenvalue weighted by atomic mass is 16.6. The molecule has 1 amide bonds. The molecule has 0 aliphatic heterocycles. The number of nitrogen functional groups attached to an aromatic ring is 1. The minimum atomic E-state index is -0.530. The average Bonchev–Trinajstić information content (AvgIpc) is 3.07. The van der Waals surface area contributed by atoms with Crippen LogP contribution in [-0.2, 0) is 0 Å². The minimum absolute atomic E-state index is 0.276. The number of rotatable bonds is 6. The Kier molecular flexibility index (Phi) is 4.93. The Hall–Kier alpha value is -3.68. The van der Waals surface area contributed by atoms with Crippen molar-refractivity contribution in [1.29, 1.82) is 0 Å². The molecule has 0 fully saturated rings. The predicted octanol–water partition coefficient (Wildman–Crippen LogP) is 2.55. The maximum atomic E-state index is 12.3. The van der Waals surface area contributed by atoms with Crippen LogP contribution in [0.2, 0.25) is 0 Å². The summed E-state index contributed by atoms with van der Waals surface area (Å²) in [5.74, 6) is 0.998. The van der Waals surface area contributed by atoms with E-state index >= 15 is 0 Å². The SMILES string of the molecule is C=CCN(CC=C)C(=O)Oc1cc(N)n2nc(-c3ccccn3)nc2c1. The van der Waals surface area contributed by atoms with Crippen molar-refractivity contribution in [1.82, 2.24) is 24.5 Å². The Morgan fingerprint density at radius 3 is 2.69 bits per heavy atom. The van der Waals surface area contributed by atoms with Crippen molar-refractivity contribution in [2.75, 3.05) is 18.8 Å². The minimum Gasteiger partial charge on any atom is -0.410 e. The van der Waals surface area contributed by atoms with Crippen molar-refractivity contribution in [3.63, 3.8) is 0 Å². The van der Waals surface area contributed by atoms with E-state index in [1.54, 1.807) is 30.5 Å². The fourth-order valence-corrected chi connectivity index (χ4v) is 2.35. The molecule has 0 atom stereocenters. The zero-order valence-electron chi connectivity index (χ0n) is 14.1. The summed E-state index contributed by atoms with van der Waals surface area (Å²) in [4.78, 5) is 22.3. The smallest absolute Gasteiger partial charge is 0.410 e. The fourth-order valence-electron chi connectivity index (χ4n) is 2.35. The summed E-state index contributed by atoms with van der Waals surface area (Å²) in [6.45, 7) is 7.94. The van der Waals surface area contributed by atoms with Gasteiger partial charge in [-0.2, -0.15) is 4.52 Å². The van der Waals surface area contributed by atoms with E-state index in [-0.39, 0.29) is 5.75 Å². The van der Waals surface area contributed by atoms with Crippen molar-refractivity contribution in [2.24, 2.45) is 0 Å². The topological polar surface area (TPSA) is 98.6 Å². The molecule has 0 aliphatic rings. The van der Waals surface area contributed by atoms with E-state index in [0.717, 1.165) is 0 Å². The van der Waals surface area contributed by atoms with E-state index in [2.05, 4.69) is 28.2 Å². The van der Waals surface area contributed by atoms with Gasteiger partial charge in [-0.1, -0.05) is 18.2 Å². The third-order valence-corrected chi connectivity index (χ3v) is 3.49. The molecule has 132 valence electrons. The number of pyridine rings is 2. The first kappa shape index (κ1) is 17.2. The van der Waals surface area contributed by atoms with E-state index in [4.69, 9.17) is 10.5 Å². The van der Waals surface area contributed by atoms with Crippen LogP contribution in [0.15, 0.2) is 61.8 Å². The molecule has 3 heterocycles. The Morgan fingerprint density at radius 1 is 1.27 bits per heavy atom. The van der Waals surface area contributed by atoms with Crippen LogP contribution < -0.4 is 10.5 Å². The molecule has 0 saturated carbocycles. The van der Waals surface area contributed by atoms with Crippen molar-refractivity contribution in [3.05, 3.63) is 61.8 Å². The van der Waals surface area contributed by atoms with E-state index < -0.39 is 6.09 Å². The summed E-state index contributed by atoms with van der Waals surface area (Å²) >= 11 is 0. The van der Waals surface area contributed by atoms with Crippen LogP contribution in [0.4, 0.5) is 10.6 Å². The molecule has 0 radical (unpaired) electrons. The summed E-state index contributed by atoms with van der Waals surface area (Å²) in [7, 11) is 0. The fraction of sp³-hybridized carbons (Fsp3) is 0.111. The lowest BCUT2D eigenvalue weighted by molar-refractivity contribution is 0.162. The molecule has 8 heteroatoms. The average molecular weight is 350 g/mol. The molecule has 8 nitrogen and oxygen atoms in total. The molecule has 0 spiro atoms. The number of hydrogen-bond acceptors (Lipinski definition) is 6. The maximum absolute atomic E-state index is 12.3. The molecule has 0 bridgehead atoms. The lowest BCUT2D eigenvalue weighted by atomic mass is 10.3. The maximum Gasteiger partial charge on any atom is 0.415 e. The van der Waals surface area contributed by atoms with Crippen LogP contribution in [0.3, 0.4) is 0 Å². The molecule has 3 aromatic rings. The molecule has 2 N–H and O–H groups in total. The Morgan fingerprint density at radius 2 is 2.04 bits per heavy atom. The number of hydrogen-bond donors (Lipinski definition) is 1. The summed E-state index contributed by atoms with van der Waals surface area (Å²) in [6, 6.07) is 8.56. The highest BCUT2D eigenvalue weighted by Crippen LogP contribution is 2.22. The zero-order valence-corrected chi connectivity index (χ0v) is 14.1. The van der Waals surface area contributed by atoms with Crippen LogP contribution in [0.1, 0.15) is 0 Å². The molecule has 0 aliphatic carbocycles. The van der Waals surface area contributed by atoms with Crippen molar-refractivity contribution >= 4 is 17.6 Å². The van der Waals surface area contributed by atoms with Crippen molar-refractivity contribution < 1.29 is 9.53 Å². The van der Waals surface area contributed by atoms with Gasteiger partial charge in [-0.25, -0.2) is 9.78 Å². The third kappa shape index (κ3) is 3.54. The van der Waals surface area contributed by atoms with Crippen LogP contribution >= 0.6 is 0 Å². The van der Waals surface area contributed by atoms with Gasteiger partial charge in [-0.05, 0) is 12.1 Å². The number of fused-ring (bicyclic) bond motifs is 1. The van der Waals surface area contributed by atoms with Crippen molar-refractivity contribution in [3.8, 4) is 17.3 Å². The number of ether oxygens (including phenoxy) is 1. The first-order valence-electron chi connectivity index (χ1n) is 7.88. The second kappa shape index (κ2) is 7.47. The van der Waals surface area contributed by atoms with Crippen molar-refractivity contribution in [2.45, 2.75) is 0 Å².